The summed E-state index contributed by atoms with van der Waals surface area (Å²) >= 11 is 0. The first-order valence-corrected chi connectivity index (χ1v) is 9.95. The maximum atomic E-state index is 5.45. The lowest BCUT2D eigenvalue weighted by Crippen LogP contribution is -2.43. The number of fused-ring (bicyclic) bond motifs is 1. The second kappa shape index (κ2) is 7.63. The number of ether oxygens (including phenoxy) is 1. The molecule has 0 radical (unpaired) electrons. The fraction of sp³-hybridized carbons (Fsp3) is 0.450. The van der Waals surface area contributed by atoms with E-state index >= 15 is 0 Å². The molecule has 1 unspecified atom stereocenters. The SMILES string of the molecule is c1cc(N2CCOCC2)nc(N2CCCC(Nc3ccc4[nH]ncc4c3)C2)n1. The first kappa shape index (κ1) is 17.2. The van der Waals surface area contributed by atoms with E-state index in [9.17, 15) is 0 Å². The summed E-state index contributed by atoms with van der Waals surface area (Å²) in [5.41, 5.74) is 2.19. The highest BCUT2D eigenvalue weighted by atomic mass is 16.5. The summed E-state index contributed by atoms with van der Waals surface area (Å²) in [5, 5.41) is 11.9. The van der Waals surface area contributed by atoms with Gasteiger partial charge in [-0.15, -0.1) is 0 Å². The van der Waals surface area contributed by atoms with Gasteiger partial charge in [0.1, 0.15) is 5.82 Å². The molecule has 28 heavy (non-hydrogen) atoms. The second-order valence-electron chi connectivity index (χ2n) is 7.42. The van der Waals surface area contributed by atoms with E-state index in [-0.39, 0.29) is 0 Å². The molecular formula is C20H25N7O. The number of hydrogen-bond donors (Lipinski definition) is 2. The molecule has 1 aromatic carbocycles. The molecular weight excluding hydrogens is 354 g/mol. The topological polar surface area (TPSA) is 82.2 Å². The number of nitrogens with zero attached hydrogens (tertiary/aromatic N) is 5. The third kappa shape index (κ3) is 3.60. The van der Waals surface area contributed by atoms with Gasteiger partial charge in [0.15, 0.2) is 0 Å². The molecule has 0 aliphatic carbocycles. The van der Waals surface area contributed by atoms with Gasteiger partial charge in [-0.05, 0) is 37.1 Å². The van der Waals surface area contributed by atoms with Crippen molar-refractivity contribution in [2.24, 2.45) is 0 Å². The van der Waals surface area contributed by atoms with E-state index in [4.69, 9.17) is 9.72 Å². The minimum absolute atomic E-state index is 0.369. The van der Waals surface area contributed by atoms with Crippen molar-refractivity contribution in [1.29, 1.82) is 0 Å². The number of H-pyrrole nitrogens is 1. The summed E-state index contributed by atoms with van der Waals surface area (Å²) in [6.45, 7) is 5.18. The van der Waals surface area contributed by atoms with Crippen LogP contribution < -0.4 is 15.1 Å². The van der Waals surface area contributed by atoms with Crippen LogP contribution in [0.2, 0.25) is 0 Å². The van der Waals surface area contributed by atoms with Crippen molar-refractivity contribution in [3.63, 3.8) is 0 Å². The lowest BCUT2D eigenvalue weighted by Gasteiger charge is -2.34. The van der Waals surface area contributed by atoms with Gasteiger partial charge in [0.2, 0.25) is 5.95 Å². The molecule has 4 heterocycles. The van der Waals surface area contributed by atoms with Crippen LogP contribution in [0.3, 0.4) is 0 Å². The molecule has 0 spiro atoms. The average molecular weight is 379 g/mol. The summed E-state index contributed by atoms with van der Waals surface area (Å²) < 4.78 is 5.45. The molecule has 0 amide bonds. The van der Waals surface area contributed by atoms with Gasteiger partial charge in [-0.2, -0.15) is 10.1 Å². The number of rotatable bonds is 4. The van der Waals surface area contributed by atoms with Crippen LogP contribution in [0.25, 0.3) is 10.9 Å². The van der Waals surface area contributed by atoms with Gasteiger partial charge in [0.25, 0.3) is 0 Å². The van der Waals surface area contributed by atoms with E-state index in [1.165, 1.54) is 0 Å². The Hall–Kier alpha value is -2.87. The number of hydrogen-bond acceptors (Lipinski definition) is 7. The van der Waals surface area contributed by atoms with Crippen molar-refractivity contribution in [1.82, 2.24) is 20.2 Å². The molecule has 0 saturated carbocycles. The minimum atomic E-state index is 0.369. The molecule has 146 valence electrons. The number of aromatic nitrogens is 4. The average Bonchev–Trinajstić information content (AvgIpc) is 3.23. The van der Waals surface area contributed by atoms with Crippen LogP contribution in [0.1, 0.15) is 12.8 Å². The fourth-order valence-electron chi connectivity index (χ4n) is 4.00. The molecule has 8 heteroatoms. The van der Waals surface area contributed by atoms with E-state index < -0.39 is 0 Å². The van der Waals surface area contributed by atoms with Gasteiger partial charge in [0.05, 0.1) is 24.9 Å². The number of nitrogens with one attached hydrogen (secondary N) is 2. The monoisotopic (exact) mass is 379 g/mol. The number of piperidine rings is 1. The van der Waals surface area contributed by atoms with Crippen LogP contribution in [0.15, 0.2) is 36.7 Å². The molecule has 5 rings (SSSR count). The predicted molar refractivity (Wildman–Crippen MR) is 110 cm³/mol. The highest BCUT2D eigenvalue weighted by molar-refractivity contribution is 5.81. The van der Waals surface area contributed by atoms with Crippen molar-refractivity contribution in [3.8, 4) is 0 Å². The first-order valence-electron chi connectivity index (χ1n) is 9.95. The summed E-state index contributed by atoms with van der Waals surface area (Å²) in [6.07, 6.45) is 6.00. The highest BCUT2D eigenvalue weighted by Crippen LogP contribution is 2.23. The van der Waals surface area contributed by atoms with Crippen molar-refractivity contribution in [2.75, 3.05) is 54.5 Å². The second-order valence-corrected chi connectivity index (χ2v) is 7.42. The maximum Gasteiger partial charge on any atom is 0.227 e. The van der Waals surface area contributed by atoms with Gasteiger partial charge in [0, 0.05) is 49.5 Å². The van der Waals surface area contributed by atoms with Crippen molar-refractivity contribution >= 4 is 28.4 Å². The van der Waals surface area contributed by atoms with Crippen LogP contribution in [0.5, 0.6) is 0 Å². The first-order chi connectivity index (χ1) is 13.8. The van der Waals surface area contributed by atoms with Gasteiger partial charge in [-0.3, -0.25) is 5.10 Å². The smallest absolute Gasteiger partial charge is 0.227 e. The van der Waals surface area contributed by atoms with Crippen LogP contribution in [0.4, 0.5) is 17.5 Å². The van der Waals surface area contributed by atoms with Crippen LogP contribution in [-0.2, 0) is 4.74 Å². The number of aromatic amines is 1. The largest absolute Gasteiger partial charge is 0.381 e. The Labute approximate surface area is 163 Å². The Morgan fingerprint density at radius 1 is 1.11 bits per heavy atom. The molecule has 2 N–H and O–H groups in total. The maximum absolute atomic E-state index is 5.45. The van der Waals surface area contributed by atoms with Crippen molar-refractivity contribution < 1.29 is 4.74 Å². The lowest BCUT2D eigenvalue weighted by atomic mass is 10.1. The Morgan fingerprint density at radius 3 is 2.96 bits per heavy atom. The molecule has 0 bridgehead atoms. The normalized spacial score (nSPS) is 20.5. The lowest BCUT2D eigenvalue weighted by molar-refractivity contribution is 0.122. The van der Waals surface area contributed by atoms with E-state index in [2.05, 4.69) is 48.5 Å². The predicted octanol–water partition coefficient (Wildman–Crippen LogP) is 2.27. The van der Waals surface area contributed by atoms with Gasteiger partial charge >= 0.3 is 0 Å². The third-order valence-corrected chi connectivity index (χ3v) is 5.48. The van der Waals surface area contributed by atoms with Crippen LogP contribution >= 0.6 is 0 Å². The van der Waals surface area contributed by atoms with Crippen molar-refractivity contribution in [3.05, 3.63) is 36.7 Å². The summed E-state index contributed by atoms with van der Waals surface area (Å²) in [7, 11) is 0. The van der Waals surface area contributed by atoms with Gasteiger partial charge < -0.3 is 19.9 Å². The van der Waals surface area contributed by atoms with E-state index in [0.717, 1.165) is 80.6 Å². The number of anilines is 3. The molecule has 1 atom stereocenters. The zero-order valence-corrected chi connectivity index (χ0v) is 15.8. The van der Waals surface area contributed by atoms with Crippen LogP contribution in [-0.4, -0.2) is 65.6 Å². The molecule has 2 aromatic heterocycles. The molecule has 8 nitrogen and oxygen atoms in total. The standard InChI is InChI=1S/C20H25N7O/c1-2-17(23-16-3-4-18-15(12-16)13-22-25-18)14-27(7-1)20-21-6-5-19(24-20)26-8-10-28-11-9-26/h3-6,12-13,17,23H,1-2,7-11,14H2,(H,22,25). The van der Waals surface area contributed by atoms with Gasteiger partial charge in [-0.1, -0.05) is 0 Å². The summed E-state index contributed by atoms with van der Waals surface area (Å²) in [5.74, 6) is 1.81. The molecule has 2 saturated heterocycles. The van der Waals surface area contributed by atoms with Gasteiger partial charge in [-0.25, -0.2) is 4.98 Å². The van der Waals surface area contributed by atoms with E-state index in [1.54, 1.807) is 0 Å². The van der Waals surface area contributed by atoms with E-state index in [0.29, 0.717) is 6.04 Å². The Morgan fingerprint density at radius 2 is 2.04 bits per heavy atom. The quantitative estimate of drug-likeness (QED) is 0.720. The minimum Gasteiger partial charge on any atom is -0.381 e. The van der Waals surface area contributed by atoms with Crippen molar-refractivity contribution in [2.45, 2.75) is 18.9 Å². The molecule has 2 fully saturated rings. The summed E-state index contributed by atoms with van der Waals surface area (Å²) in [6, 6.07) is 8.69. The Kier molecular flexibility index (Phi) is 4.70. The zero-order valence-electron chi connectivity index (χ0n) is 15.8. The number of benzene rings is 1. The zero-order chi connectivity index (χ0) is 18.8. The Bertz CT molecular complexity index is 937. The number of morpholine rings is 1. The fourth-order valence-corrected chi connectivity index (χ4v) is 4.00. The van der Waals surface area contributed by atoms with E-state index in [1.807, 2.05) is 18.5 Å². The Balaban J connectivity index is 1.28. The molecule has 2 aliphatic heterocycles. The van der Waals surface area contributed by atoms with Crippen LogP contribution in [0, 0.1) is 0 Å². The highest BCUT2D eigenvalue weighted by Gasteiger charge is 2.23. The molecule has 2 aliphatic rings. The summed E-state index contributed by atoms with van der Waals surface area (Å²) in [4.78, 5) is 14.0. The molecule has 3 aromatic rings. The third-order valence-electron chi connectivity index (χ3n) is 5.48.